The molecular weight excluding hydrogens is 144 g/mol. The summed E-state index contributed by atoms with van der Waals surface area (Å²) in [7, 11) is 1.30. The van der Waals surface area contributed by atoms with E-state index in [1.54, 1.807) is 6.08 Å². The number of esters is 1. The first-order chi connectivity index (χ1) is 5.25. The van der Waals surface area contributed by atoms with E-state index in [9.17, 15) is 9.90 Å². The molecule has 1 rings (SSSR count). The summed E-state index contributed by atoms with van der Waals surface area (Å²) >= 11 is 0. The Morgan fingerprint density at radius 1 is 1.73 bits per heavy atom. The minimum atomic E-state index is -0.474. The van der Waals surface area contributed by atoms with Crippen LogP contribution in [0, 0.1) is 0 Å². The van der Waals surface area contributed by atoms with Crippen LogP contribution in [-0.4, -0.2) is 18.2 Å². The summed E-state index contributed by atoms with van der Waals surface area (Å²) in [5.74, 6) is -0.349. The molecule has 0 heterocycles. The molecule has 0 bridgehead atoms. The van der Waals surface area contributed by atoms with Gasteiger partial charge in [-0.1, -0.05) is 6.08 Å². The second kappa shape index (κ2) is 3.23. The molecule has 3 nitrogen and oxygen atoms in total. The maximum absolute atomic E-state index is 10.9. The Morgan fingerprint density at radius 3 is 3.00 bits per heavy atom. The zero-order valence-electron chi connectivity index (χ0n) is 6.33. The fourth-order valence-electron chi connectivity index (χ4n) is 0.948. The Kier molecular flexibility index (Phi) is 2.31. The second-order valence-electron chi connectivity index (χ2n) is 2.29. The van der Waals surface area contributed by atoms with Gasteiger partial charge in [-0.25, -0.2) is 4.79 Å². The van der Waals surface area contributed by atoms with Crippen molar-refractivity contribution in [2.24, 2.45) is 0 Å². The average molecular weight is 154 g/mol. The van der Waals surface area contributed by atoms with Gasteiger partial charge in [0.1, 0.15) is 5.76 Å². The van der Waals surface area contributed by atoms with E-state index in [1.807, 2.05) is 6.08 Å². The van der Waals surface area contributed by atoms with Crippen molar-refractivity contribution in [3.05, 3.63) is 23.5 Å². The summed E-state index contributed by atoms with van der Waals surface area (Å²) in [6.07, 6.45) is 4.74. The van der Waals surface area contributed by atoms with Crippen molar-refractivity contribution in [2.45, 2.75) is 12.8 Å². The molecule has 0 saturated carbocycles. The van der Waals surface area contributed by atoms with Gasteiger partial charge < -0.3 is 9.84 Å². The van der Waals surface area contributed by atoms with Gasteiger partial charge in [-0.15, -0.1) is 0 Å². The quantitative estimate of drug-likeness (QED) is 0.579. The van der Waals surface area contributed by atoms with Gasteiger partial charge >= 0.3 is 5.97 Å². The molecular formula is C8H10O3. The smallest absolute Gasteiger partial charge is 0.341 e. The normalized spacial score (nSPS) is 16.8. The van der Waals surface area contributed by atoms with Gasteiger partial charge in [-0.2, -0.15) is 0 Å². The number of hydrogen-bond acceptors (Lipinski definition) is 3. The third kappa shape index (κ3) is 1.61. The van der Waals surface area contributed by atoms with E-state index in [-0.39, 0.29) is 11.3 Å². The largest absolute Gasteiger partial charge is 0.511 e. The lowest BCUT2D eigenvalue weighted by Crippen LogP contribution is -2.07. The van der Waals surface area contributed by atoms with Crippen LogP contribution in [0.2, 0.25) is 0 Å². The van der Waals surface area contributed by atoms with Crippen molar-refractivity contribution in [2.75, 3.05) is 7.11 Å². The molecule has 11 heavy (non-hydrogen) atoms. The van der Waals surface area contributed by atoms with Gasteiger partial charge in [0.15, 0.2) is 0 Å². The van der Waals surface area contributed by atoms with Crippen LogP contribution in [0.25, 0.3) is 0 Å². The summed E-state index contributed by atoms with van der Waals surface area (Å²) < 4.78 is 4.45. The summed E-state index contributed by atoms with van der Waals surface area (Å²) in [6, 6.07) is 0. The molecule has 0 spiro atoms. The maximum atomic E-state index is 10.9. The number of aliphatic hydroxyl groups excluding tert-OH is 1. The van der Waals surface area contributed by atoms with Crippen LogP contribution in [0.1, 0.15) is 12.8 Å². The lowest BCUT2D eigenvalue weighted by atomic mass is 10.1. The highest BCUT2D eigenvalue weighted by atomic mass is 16.5. The number of allylic oxidation sites excluding steroid dienone is 2. The van der Waals surface area contributed by atoms with E-state index >= 15 is 0 Å². The fourth-order valence-corrected chi connectivity index (χ4v) is 0.948. The third-order valence-corrected chi connectivity index (χ3v) is 1.55. The fraction of sp³-hybridized carbons (Fsp3) is 0.375. The second-order valence-corrected chi connectivity index (χ2v) is 2.29. The molecule has 1 N–H and O–H groups in total. The molecule has 0 aromatic heterocycles. The Hall–Kier alpha value is -1.25. The van der Waals surface area contributed by atoms with Crippen molar-refractivity contribution in [3.63, 3.8) is 0 Å². The summed E-state index contributed by atoms with van der Waals surface area (Å²) in [4.78, 5) is 10.9. The van der Waals surface area contributed by atoms with Crippen LogP contribution < -0.4 is 0 Å². The van der Waals surface area contributed by atoms with Gasteiger partial charge in [0.2, 0.25) is 0 Å². The molecule has 0 aromatic carbocycles. The molecule has 0 saturated heterocycles. The highest BCUT2D eigenvalue weighted by Crippen LogP contribution is 2.16. The molecule has 0 fully saturated rings. The molecule has 0 aliphatic heterocycles. The first kappa shape index (κ1) is 7.85. The van der Waals surface area contributed by atoms with Crippen LogP contribution in [0.4, 0.5) is 0 Å². The Balaban J connectivity index is 2.83. The molecule has 0 aromatic rings. The van der Waals surface area contributed by atoms with Crippen molar-refractivity contribution in [1.29, 1.82) is 0 Å². The predicted molar refractivity (Wildman–Crippen MR) is 40.0 cm³/mol. The average Bonchev–Trinajstić information content (AvgIpc) is 2.04. The van der Waals surface area contributed by atoms with Gasteiger partial charge in [0.25, 0.3) is 0 Å². The lowest BCUT2D eigenvalue weighted by molar-refractivity contribution is -0.135. The lowest BCUT2D eigenvalue weighted by Gasteiger charge is -2.07. The number of carbonyl (C=O) groups is 1. The van der Waals surface area contributed by atoms with Crippen molar-refractivity contribution in [3.8, 4) is 0 Å². The molecule has 0 amide bonds. The first-order valence-corrected chi connectivity index (χ1v) is 3.42. The monoisotopic (exact) mass is 154 g/mol. The zero-order chi connectivity index (χ0) is 8.27. The number of hydrogen-bond donors (Lipinski definition) is 1. The molecule has 0 radical (unpaired) electrons. The van der Waals surface area contributed by atoms with Gasteiger partial charge in [0, 0.05) is 6.42 Å². The van der Waals surface area contributed by atoms with Crippen LogP contribution in [0.3, 0.4) is 0 Å². The molecule has 3 heteroatoms. The highest BCUT2D eigenvalue weighted by Gasteiger charge is 2.14. The van der Waals surface area contributed by atoms with Crippen LogP contribution >= 0.6 is 0 Å². The van der Waals surface area contributed by atoms with E-state index in [1.165, 1.54) is 7.11 Å². The van der Waals surface area contributed by atoms with E-state index in [0.29, 0.717) is 6.42 Å². The van der Waals surface area contributed by atoms with E-state index < -0.39 is 5.97 Å². The molecule has 0 atom stereocenters. The number of rotatable bonds is 1. The van der Waals surface area contributed by atoms with E-state index in [0.717, 1.165) is 6.42 Å². The third-order valence-electron chi connectivity index (χ3n) is 1.55. The molecule has 1 aliphatic rings. The molecule has 0 unspecified atom stereocenters. The summed E-state index contributed by atoms with van der Waals surface area (Å²) in [5.41, 5.74) is 0.277. The predicted octanol–water partition coefficient (Wildman–Crippen LogP) is 1.32. The van der Waals surface area contributed by atoms with Crippen LogP contribution in [-0.2, 0) is 9.53 Å². The maximum Gasteiger partial charge on any atom is 0.341 e. The first-order valence-electron chi connectivity index (χ1n) is 3.42. The number of aliphatic hydroxyl groups is 1. The molecule has 60 valence electrons. The minimum Gasteiger partial charge on any atom is -0.511 e. The van der Waals surface area contributed by atoms with Crippen molar-refractivity contribution < 1.29 is 14.6 Å². The number of methoxy groups -OCH3 is 1. The van der Waals surface area contributed by atoms with E-state index in [4.69, 9.17) is 0 Å². The van der Waals surface area contributed by atoms with Gasteiger partial charge in [-0.05, 0) is 12.5 Å². The highest BCUT2D eigenvalue weighted by molar-refractivity contribution is 5.92. The standard InChI is InChI=1S/C8H10O3/c1-11-8(10)6-4-2-3-5-7(6)9/h2,4,9H,3,5H2,1H3. The topological polar surface area (TPSA) is 46.5 Å². The van der Waals surface area contributed by atoms with Gasteiger partial charge in [-0.3, -0.25) is 0 Å². The van der Waals surface area contributed by atoms with E-state index in [2.05, 4.69) is 4.74 Å². The van der Waals surface area contributed by atoms with Crippen molar-refractivity contribution in [1.82, 2.24) is 0 Å². The van der Waals surface area contributed by atoms with Crippen LogP contribution in [0.5, 0.6) is 0 Å². The Morgan fingerprint density at radius 2 is 2.45 bits per heavy atom. The zero-order valence-corrected chi connectivity index (χ0v) is 6.33. The Bertz CT molecular complexity index is 225. The SMILES string of the molecule is COC(=O)C1=C(O)CCC=C1. The minimum absolute atomic E-state index is 0.124. The Labute approximate surface area is 65.0 Å². The summed E-state index contributed by atoms with van der Waals surface area (Å²) in [5, 5.41) is 9.20. The number of carbonyl (C=O) groups excluding carboxylic acids is 1. The number of ether oxygens (including phenoxy) is 1. The summed E-state index contributed by atoms with van der Waals surface area (Å²) in [6.45, 7) is 0. The van der Waals surface area contributed by atoms with Crippen molar-refractivity contribution >= 4 is 5.97 Å². The molecule has 1 aliphatic carbocycles. The van der Waals surface area contributed by atoms with Crippen LogP contribution in [0.15, 0.2) is 23.5 Å². The van der Waals surface area contributed by atoms with Gasteiger partial charge in [0.05, 0.1) is 12.7 Å².